The van der Waals surface area contributed by atoms with Gasteiger partial charge in [0.1, 0.15) is 11.1 Å². The number of nitrogens with zero attached hydrogens (tertiary/aromatic N) is 2. The SMILES string of the molecule is CCN(CC)CCCCOc1ccc2[nH]cc(C(=O)O)c2n1. The van der Waals surface area contributed by atoms with Crippen LogP contribution in [0.15, 0.2) is 18.3 Å². The molecule has 0 fully saturated rings. The number of carbonyl (C=O) groups is 1. The van der Waals surface area contributed by atoms with Crippen LogP contribution in [0.2, 0.25) is 0 Å². The number of hydrogen-bond donors (Lipinski definition) is 2. The first-order valence-corrected chi connectivity index (χ1v) is 7.72. The average molecular weight is 305 g/mol. The first kappa shape index (κ1) is 16.3. The predicted octanol–water partition coefficient (Wildman–Crippen LogP) is 2.76. The molecule has 2 heterocycles. The van der Waals surface area contributed by atoms with E-state index in [4.69, 9.17) is 9.84 Å². The van der Waals surface area contributed by atoms with Gasteiger partial charge in [-0.05, 0) is 38.5 Å². The number of carboxylic acid groups (broad SMARTS) is 1. The van der Waals surface area contributed by atoms with E-state index in [0.717, 1.165) is 32.5 Å². The fourth-order valence-corrected chi connectivity index (χ4v) is 2.38. The van der Waals surface area contributed by atoms with Crippen molar-refractivity contribution in [1.29, 1.82) is 0 Å². The Hall–Kier alpha value is -2.08. The number of fused-ring (bicyclic) bond motifs is 1. The summed E-state index contributed by atoms with van der Waals surface area (Å²) in [5.41, 5.74) is 1.31. The third kappa shape index (κ3) is 3.98. The van der Waals surface area contributed by atoms with Gasteiger partial charge in [0, 0.05) is 12.3 Å². The summed E-state index contributed by atoms with van der Waals surface area (Å²) in [5, 5.41) is 9.10. The summed E-state index contributed by atoms with van der Waals surface area (Å²) in [4.78, 5) is 20.7. The molecular weight excluding hydrogens is 282 g/mol. The predicted molar refractivity (Wildman–Crippen MR) is 85.6 cm³/mol. The molecule has 0 saturated carbocycles. The van der Waals surface area contributed by atoms with E-state index in [1.165, 1.54) is 6.20 Å². The van der Waals surface area contributed by atoms with E-state index in [9.17, 15) is 4.79 Å². The highest BCUT2D eigenvalue weighted by atomic mass is 16.5. The third-order valence-electron chi connectivity index (χ3n) is 3.74. The van der Waals surface area contributed by atoms with Crippen LogP contribution in [0.4, 0.5) is 0 Å². The smallest absolute Gasteiger partial charge is 0.339 e. The molecule has 0 radical (unpaired) electrons. The Kier molecular flexibility index (Phi) is 5.77. The molecule has 0 saturated heterocycles. The zero-order chi connectivity index (χ0) is 15.9. The Morgan fingerprint density at radius 2 is 2.09 bits per heavy atom. The molecule has 0 unspecified atom stereocenters. The lowest BCUT2D eigenvalue weighted by Crippen LogP contribution is -2.24. The molecule has 2 aromatic heterocycles. The molecular formula is C16H23N3O3. The van der Waals surface area contributed by atoms with Crippen molar-refractivity contribution in [3.63, 3.8) is 0 Å². The van der Waals surface area contributed by atoms with Crippen molar-refractivity contribution in [3.8, 4) is 5.88 Å². The Bertz CT molecular complexity index is 620. The van der Waals surface area contributed by atoms with Gasteiger partial charge in [0.15, 0.2) is 0 Å². The molecule has 0 aromatic carbocycles. The van der Waals surface area contributed by atoms with Gasteiger partial charge in [-0.3, -0.25) is 0 Å². The molecule has 0 spiro atoms. The molecule has 2 N–H and O–H groups in total. The Labute approximate surface area is 130 Å². The van der Waals surface area contributed by atoms with E-state index in [1.54, 1.807) is 12.1 Å². The number of aromatic carboxylic acids is 1. The van der Waals surface area contributed by atoms with E-state index < -0.39 is 5.97 Å². The van der Waals surface area contributed by atoms with Gasteiger partial charge in [-0.15, -0.1) is 0 Å². The number of H-pyrrole nitrogens is 1. The molecule has 2 rings (SSSR count). The molecule has 0 aliphatic carbocycles. The summed E-state index contributed by atoms with van der Waals surface area (Å²) < 4.78 is 5.63. The van der Waals surface area contributed by atoms with Gasteiger partial charge < -0.3 is 19.7 Å². The highest BCUT2D eigenvalue weighted by molar-refractivity contribution is 6.01. The number of aromatic nitrogens is 2. The van der Waals surface area contributed by atoms with Crippen molar-refractivity contribution >= 4 is 17.0 Å². The number of unbranched alkanes of at least 4 members (excludes halogenated alkanes) is 1. The van der Waals surface area contributed by atoms with Gasteiger partial charge in [0.2, 0.25) is 5.88 Å². The maximum Gasteiger partial charge on any atom is 0.339 e. The average Bonchev–Trinajstić information content (AvgIpc) is 2.94. The van der Waals surface area contributed by atoms with Gasteiger partial charge in [-0.1, -0.05) is 13.8 Å². The number of aromatic amines is 1. The number of hydrogen-bond acceptors (Lipinski definition) is 4. The van der Waals surface area contributed by atoms with Crippen molar-refractivity contribution in [2.75, 3.05) is 26.2 Å². The fourth-order valence-electron chi connectivity index (χ4n) is 2.38. The molecule has 0 bridgehead atoms. The highest BCUT2D eigenvalue weighted by Crippen LogP contribution is 2.19. The topological polar surface area (TPSA) is 78.5 Å². The van der Waals surface area contributed by atoms with Crippen LogP contribution in [-0.2, 0) is 0 Å². The maximum absolute atomic E-state index is 11.1. The molecule has 0 amide bonds. The van der Waals surface area contributed by atoms with Crippen LogP contribution in [0.3, 0.4) is 0 Å². The summed E-state index contributed by atoms with van der Waals surface area (Å²) >= 11 is 0. The van der Waals surface area contributed by atoms with Crippen LogP contribution in [-0.4, -0.2) is 52.2 Å². The first-order chi connectivity index (χ1) is 10.7. The van der Waals surface area contributed by atoms with Crippen LogP contribution in [0, 0.1) is 0 Å². The van der Waals surface area contributed by atoms with E-state index in [2.05, 4.69) is 28.7 Å². The first-order valence-electron chi connectivity index (χ1n) is 7.72. The van der Waals surface area contributed by atoms with Crippen molar-refractivity contribution in [3.05, 3.63) is 23.9 Å². The molecule has 0 atom stereocenters. The van der Waals surface area contributed by atoms with Crippen LogP contribution in [0.5, 0.6) is 5.88 Å². The molecule has 6 heteroatoms. The second kappa shape index (κ2) is 7.79. The lowest BCUT2D eigenvalue weighted by Gasteiger charge is -2.17. The van der Waals surface area contributed by atoms with E-state index in [-0.39, 0.29) is 5.56 Å². The summed E-state index contributed by atoms with van der Waals surface area (Å²) in [6, 6.07) is 3.55. The third-order valence-corrected chi connectivity index (χ3v) is 3.74. The molecule has 2 aromatic rings. The molecule has 6 nitrogen and oxygen atoms in total. The molecule has 0 aliphatic rings. The van der Waals surface area contributed by atoms with Crippen LogP contribution >= 0.6 is 0 Å². The number of nitrogens with one attached hydrogen (secondary N) is 1. The maximum atomic E-state index is 11.1. The number of carboxylic acids is 1. The highest BCUT2D eigenvalue weighted by Gasteiger charge is 2.12. The minimum absolute atomic E-state index is 0.169. The zero-order valence-electron chi connectivity index (χ0n) is 13.1. The Morgan fingerprint density at radius 3 is 2.77 bits per heavy atom. The number of rotatable bonds is 9. The van der Waals surface area contributed by atoms with E-state index in [1.807, 2.05) is 0 Å². The summed E-state index contributed by atoms with van der Waals surface area (Å²) in [7, 11) is 0. The zero-order valence-corrected chi connectivity index (χ0v) is 13.1. The Morgan fingerprint density at radius 1 is 1.32 bits per heavy atom. The van der Waals surface area contributed by atoms with Gasteiger partial charge in [0.25, 0.3) is 0 Å². The van der Waals surface area contributed by atoms with Crippen molar-refractivity contribution < 1.29 is 14.6 Å². The van der Waals surface area contributed by atoms with Crippen LogP contribution in [0.25, 0.3) is 11.0 Å². The summed E-state index contributed by atoms with van der Waals surface area (Å²) in [6.45, 7) is 8.13. The van der Waals surface area contributed by atoms with Crippen LogP contribution < -0.4 is 4.74 Å². The molecule has 22 heavy (non-hydrogen) atoms. The monoisotopic (exact) mass is 305 g/mol. The fraction of sp³-hybridized carbons (Fsp3) is 0.500. The second-order valence-electron chi connectivity index (χ2n) is 5.14. The van der Waals surface area contributed by atoms with Crippen LogP contribution in [0.1, 0.15) is 37.0 Å². The lowest BCUT2D eigenvalue weighted by molar-refractivity contribution is 0.0699. The van der Waals surface area contributed by atoms with Gasteiger partial charge in [-0.25, -0.2) is 9.78 Å². The van der Waals surface area contributed by atoms with Gasteiger partial charge >= 0.3 is 5.97 Å². The van der Waals surface area contributed by atoms with Crippen molar-refractivity contribution in [2.45, 2.75) is 26.7 Å². The normalized spacial score (nSPS) is 11.2. The molecule has 0 aliphatic heterocycles. The van der Waals surface area contributed by atoms with Gasteiger partial charge in [-0.2, -0.15) is 0 Å². The number of pyridine rings is 1. The van der Waals surface area contributed by atoms with Crippen molar-refractivity contribution in [2.24, 2.45) is 0 Å². The minimum Gasteiger partial charge on any atom is -0.478 e. The van der Waals surface area contributed by atoms with E-state index >= 15 is 0 Å². The van der Waals surface area contributed by atoms with Crippen molar-refractivity contribution in [1.82, 2.24) is 14.9 Å². The van der Waals surface area contributed by atoms with E-state index in [0.29, 0.717) is 23.5 Å². The quantitative estimate of drug-likeness (QED) is 0.696. The standard InChI is InChI=1S/C16H23N3O3/c1-3-19(4-2)9-5-6-10-22-14-8-7-13-15(18-14)12(11-17-13)16(20)21/h7-8,11,17H,3-6,9-10H2,1-2H3,(H,20,21). The number of ether oxygens (including phenoxy) is 1. The second-order valence-corrected chi connectivity index (χ2v) is 5.14. The Balaban J connectivity index is 1.87. The minimum atomic E-state index is -0.991. The molecule has 120 valence electrons. The summed E-state index contributed by atoms with van der Waals surface area (Å²) in [5.74, 6) is -0.521. The van der Waals surface area contributed by atoms with Gasteiger partial charge in [0.05, 0.1) is 12.1 Å². The lowest BCUT2D eigenvalue weighted by atomic mass is 10.2. The largest absolute Gasteiger partial charge is 0.478 e. The summed E-state index contributed by atoms with van der Waals surface area (Å²) in [6.07, 6.45) is 3.48.